The van der Waals surface area contributed by atoms with Crippen LogP contribution in [0.3, 0.4) is 0 Å². The van der Waals surface area contributed by atoms with Crippen molar-refractivity contribution in [1.29, 1.82) is 0 Å². The number of carboxylic acids is 1. The number of phenolic OH excluding ortho intramolecular Hbond substituents is 1. The summed E-state index contributed by atoms with van der Waals surface area (Å²) in [6.07, 6.45) is -3.23. The highest BCUT2D eigenvalue weighted by Crippen LogP contribution is 2.67. The number of aromatic hydroxyl groups is 1. The van der Waals surface area contributed by atoms with Crippen molar-refractivity contribution in [3.05, 3.63) is 71.0 Å². The molecule has 3 N–H and O–H groups in total. The van der Waals surface area contributed by atoms with Gasteiger partial charge in [-0.1, -0.05) is 42.8 Å². The number of carboxylic acid groups (broad SMARTS) is 1. The topological polar surface area (TPSA) is 192 Å². The minimum Gasteiger partial charge on any atom is -0.504 e. The third-order valence-corrected chi connectivity index (χ3v) is 9.37. The van der Waals surface area contributed by atoms with E-state index in [0.29, 0.717) is 18.4 Å². The van der Waals surface area contributed by atoms with Gasteiger partial charge in [-0.05, 0) is 49.3 Å². The van der Waals surface area contributed by atoms with E-state index in [1.54, 1.807) is 12.1 Å². The van der Waals surface area contributed by atoms with Crippen LogP contribution in [0, 0.1) is 5.92 Å². The Labute approximate surface area is 262 Å². The lowest BCUT2D eigenvalue weighted by molar-refractivity contribution is -0.195. The molecule has 1 fully saturated rings. The van der Waals surface area contributed by atoms with Crippen molar-refractivity contribution in [1.82, 2.24) is 0 Å². The third kappa shape index (κ3) is 4.85. The lowest BCUT2D eigenvalue weighted by Gasteiger charge is -2.59. The Morgan fingerprint density at radius 2 is 1.61 bits per heavy atom. The van der Waals surface area contributed by atoms with Gasteiger partial charge in [0.15, 0.2) is 17.6 Å². The van der Waals surface area contributed by atoms with E-state index in [9.17, 15) is 39.3 Å². The molecule has 6 rings (SSSR count). The molecule has 1 spiro atoms. The zero-order chi connectivity index (χ0) is 33.0. The van der Waals surface area contributed by atoms with Crippen molar-refractivity contribution < 1.29 is 63.0 Å². The number of rotatable bonds is 9. The fourth-order valence-electron chi connectivity index (χ4n) is 7.60. The van der Waals surface area contributed by atoms with E-state index >= 15 is 0 Å². The van der Waals surface area contributed by atoms with Crippen LogP contribution >= 0.6 is 0 Å². The van der Waals surface area contributed by atoms with Crippen molar-refractivity contribution >= 4 is 29.8 Å². The highest BCUT2D eigenvalue weighted by Gasteiger charge is 2.71. The quantitative estimate of drug-likeness (QED) is 0.269. The first kappa shape index (κ1) is 31.1. The maximum Gasteiger partial charge on any atom is 0.357 e. The molecule has 0 saturated heterocycles. The smallest absolute Gasteiger partial charge is 0.357 e. The Morgan fingerprint density at radius 1 is 0.935 bits per heavy atom. The first-order chi connectivity index (χ1) is 21.9. The highest BCUT2D eigenvalue weighted by atomic mass is 16.6. The van der Waals surface area contributed by atoms with Gasteiger partial charge >= 0.3 is 29.8 Å². The molecule has 2 bridgehead atoms. The number of aliphatic carboxylic acids is 1. The van der Waals surface area contributed by atoms with Crippen LogP contribution in [-0.2, 0) is 54.8 Å². The number of carbonyl (C=O) groups excluding carboxylic acids is 4. The summed E-state index contributed by atoms with van der Waals surface area (Å²) in [7, 11) is 0. The number of benzene rings is 2. The second-order valence-electron chi connectivity index (χ2n) is 12.0. The molecule has 0 radical (unpaired) electrons. The van der Waals surface area contributed by atoms with Crippen molar-refractivity contribution in [3.63, 3.8) is 0 Å². The molecule has 2 aromatic carbocycles. The largest absolute Gasteiger partial charge is 0.504 e. The average molecular weight is 637 g/mol. The van der Waals surface area contributed by atoms with Gasteiger partial charge in [-0.25, -0.2) is 14.4 Å². The summed E-state index contributed by atoms with van der Waals surface area (Å²) < 4.78 is 27.4. The summed E-state index contributed by atoms with van der Waals surface area (Å²) in [5.41, 5.74) is -0.664. The summed E-state index contributed by atoms with van der Waals surface area (Å²) in [6.45, 7) is 1.88. The van der Waals surface area contributed by atoms with Crippen molar-refractivity contribution in [2.75, 3.05) is 0 Å². The molecule has 2 aromatic rings. The van der Waals surface area contributed by atoms with Gasteiger partial charge < -0.3 is 39.0 Å². The predicted molar refractivity (Wildman–Crippen MR) is 153 cm³/mol. The molecule has 1 aliphatic heterocycles. The fraction of sp³-hybridized carbons (Fsp3) is 0.424. The van der Waals surface area contributed by atoms with Crippen molar-refractivity contribution in [2.24, 2.45) is 5.92 Å². The van der Waals surface area contributed by atoms with Crippen LogP contribution < -0.4 is 4.74 Å². The molecule has 0 unspecified atom stereocenters. The van der Waals surface area contributed by atoms with Gasteiger partial charge in [0.05, 0.1) is 11.0 Å². The van der Waals surface area contributed by atoms with Crippen LogP contribution in [0.25, 0.3) is 0 Å². The zero-order valence-corrected chi connectivity index (χ0v) is 25.0. The molecule has 13 nitrogen and oxygen atoms in total. The van der Waals surface area contributed by atoms with Crippen LogP contribution in [0.4, 0.5) is 0 Å². The van der Waals surface area contributed by atoms with Gasteiger partial charge in [-0.3, -0.25) is 9.59 Å². The van der Waals surface area contributed by atoms with Gasteiger partial charge in [-0.2, -0.15) is 0 Å². The number of esters is 4. The number of phenols is 1. The summed E-state index contributed by atoms with van der Waals surface area (Å²) in [5.74, 6) is -6.61. The minimum atomic E-state index is -2.25. The second-order valence-corrected chi connectivity index (χ2v) is 12.0. The zero-order valence-electron chi connectivity index (χ0n) is 25.0. The van der Waals surface area contributed by atoms with E-state index in [-0.39, 0.29) is 35.2 Å². The SMILES string of the molecule is CC(=O)O[C@@H](C(=O)OC1=CC[C@@]2(O)[C@@H]3CCC[C@@]24c2c(ccc(O)c2O[C@@H]14)C3)[C@@H](OC(C)=O)C(=O)O[C@H](C(=O)O)c1ccccc1. The van der Waals surface area contributed by atoms with E-state index in [2.05, 4.69) is 0 Å². The Hall–Kier alpha value is -4.91. The Morgan fingerprint density at radius 3 is 2.26 bits per heavy atom. The lowest BCUT2D eigenvalue weighted by atomic mass is 9.47. The summed E-state index contributed by atoms with van der Waals surface area (Å²) in [6, 6.07) is 10.8. The maximum absolute atomic E-state index is 13.8. The third-order valence-electron chi connectivity index (χ3n) is 9.37. The number of hydrogen-bond acceptors (Lipinski definition) is 12. The first-order valence-corrected chi connectivity index (χ1v) is 14.9. The number of hydrogen-bond donors (Lipinski definition) is 3. The second kappa shape index (κ2) is 11.5. The molecule has 46 heavy (non-hydrogen) atoms. The molecule has 13 heteroatoms. The van der Waals surface area contributed by atoms with Crippen LogP contribution in [0.2, 0.25) is 0 Å². The summed E-state index contributed by atoms with van der Waals surface area (Å²) in [5, 5.41) is 32.7. The Balaban J connectivity index is 1.33. The Bertz CT molecular complexity index is 1650. The van der Waals surface area contributed by atoms with Crippen LogP contribution in [0.15, 0.2) is 54.3 Å². The van der Waals surface area contributed by atoms with Gasteiger partial charge in [0.1, 0.15) is 5.76 Å². The van der Waals surface area contributed by atoms with Crippen molar-refractivity contribution in [2.45, 2.75) is 81.4 Å². The molecule has 3 aliphatic carbocycles. The standard InChI is InChI=1S/C33H32O13/c1-16(34)42-26(27(43-17(2)35)31(40)46-24(29(37)38)18-7-4-3-5-8-18)30(39)44-22-12-14-33(41)20-9-6-13-32(33)23-19(15-20)10-11-21(36)25(23)45-28(22)32/h3-5,7-8,10-12,20,24,26-28,36,41H,6,9,13-15H2,1-2H3,(H,37,38)/t20-,24+,26-,27-,28+,32+,33-/m1/s1. The molecule has 0 aromatic heterocycles. The molecule has 1 saturated carbocycles. The van der Waals surface area contributed by atoms with Gasteiger partial charge in [0, 0.05) is 25.0 Å². The van der Waals surface area contributed by atoms with Gasteiger partial charge in [0.25, 0.3) is 0 Å². The fourth-order valence-corrected chi connectivity index (χ4v) is 7.60. The monoisotopic (exact) mass is 636 g/mol. The number of ether oxygens (including phenoxy) is 5. The normalized spacial score (nSPS) is 27.0. The van der Waals surface area contributed by atoms with Crippen molar-refractivity contribution in [3.8, 4) is 11.5 Å². The average Bonchev–Trinajstić information content (AvgIpc) is 3.36. The molecule has 7 atom stereocenters. The highest BCUT2D eigenvalue weighted by molar-refractivity contribution is 5.90. The van der Waals surface area contributed by atoms with Crippen LogP contribution in [-0.4, -0.2) is 69.1 Å². The van der Waals surface area contributed by atoms with E-state index in [0.717, 1.165) is 32.3 Å². The minimum absolute atomic E-state index is 0.0569. The lowest BCUT2D eigenvalue weighted by Crippen LogP contribution is -2.67. The summed E-state index contributed by atoms with van der Waals surface area (Å²) in [4.78, 5) is 63.3. The maximum atomic E-state index is 13.8. The number of carbonyl (C=O) groups is 5. The molecular formula is C33H32O13. The van der Waals surface area contributed by atoms with E-state index in [1.165, 1.54) is 36.4 Å². The first-order valence-electron chi connectivity index (χ1n) is 14.9. The Kier molecular flexibility index (Phi) is 7.75. The molecular weight excluding hydrogens is 604 g/mol. The molecule has 1 heterocycles. The van der Waals surface area contributed by atoms with E-state index in [4.69, 9.17) is 23.7 Å². The van der Waals surface area contributed by atoms with E-state index < -0.39 is 65.3 Å². The number of aliphatic hydroxyl groups is 1. The van der Waals surface area contributed by atoms with Crippen LogP contribution in [0.5, 0.6) is 11.5 Å². The molecule has 0 amide bonds. The molecule has 4 aliphatic rings. The van der Waals surface area contributed by atoms with Gasteiger partial charge in [0.2, 0.25) is 18.3 Å². The predicted octanol–water partition coefficient (Wildman–Crippen LogP) is 2.54. The van der Waals surface area contributed by atoms with E-state index in [1.807, 2.05) is 0 Å². The molecule has 242 valence electrons. The summed E-state index contributed by atoms with van der Waals surface area (Å²) >= 11 is 0. The van der Waals surface area contributed by atoms with Crippen LogP contribution in [0.1, 0.15) is 62.3 Å². The van der Waals surface area contributed by atoms with Gasteiger partial charge in [-0.15, -0.1) is 0 Å².